The number of nitrogens with one attached hydrogen (secondary N) is 2. The van der Waals surface area contributed by atoms with Crippen LogP contribution in [0.1, 0.15) is 10.5 Å². The number of fused-ring (bicyclic) bond motifs is 3. The molecule has 3 N–H and O–H groups in total. The Kier molecular flexibility index (Phi) is 3.32. The molecule has 4 aromatic rings. The highest BCUT2D eigenvalue weighted by Crippen LogP contribution is 2.31. The fraction of sp³-hybridized carbons (Fsp3) is 0. The van der Waals surface area contributed by atoms with Crippen LogP contribution in [0.2, 0.25) is 5.02 Å². The van der Waals surface area contributed by atoms with Gasteiger partial charge in [-0.1, -0.05) is 17.7 Å². The molecule has 0 radical (unpaired) electrons. The van der Waals surface area contributed by atoms with E-state index in [0.717, 1.165) is 16.5 Å². The van der Waals surface area contributed by atoms with Crippen molar-refractivity contribution in [3.63, 3.8) is 0 Å². The zero-order valence-electron chi connectivity index (χ0n) is 12.2. The third-order valence-corrected chi connectivity index (χ3v) is 3.93. The van der Waals surface area contributed by atoms with Crippen LogP contribution in [0, 0.1) is 0 Å². The van der Waals surface area contributed by atoms with Gasteiger partial charge in [0.05, 0.1) is 17.2 Å². The smallest absolute Gasteiger partial charge is 0.352 e. The number of anilines is 2. The number of hydrogen-bond acceptors (Lipinski definition) is 4. The minimum Gasteiger partial charge on any atom is -0.477 e. The van der Waals surface area contributed by atoms with Crippen LogP contribution in [0.3, 0.4) is 0 Å². The van der Waals surface area contributed by atoms with Gasteiger partial charge in [0, 0.05) is 27.7 Å². The summed E-state index contributed by atoms with van der Waals surface area (Å²) in [6.07, 6.45) is 3.30. The first-order valence-electron chi connectivity index (χ1n) is 7.14. The molecule has 0 unspecified atom stereocenters. The lowest BCUT2D eigenvalue weighted by molar-refractivity contribution is 0.0691. The molecule has 7 heteroatoms. The zero-order chi connectivity index (χ0) is 16.7. The van der Waals surface area contributed by atoms with Crippen LogP contribution >= 0.6 is 11.6 Å². The third kappa shape index (κ3) is 2.43. The average Bonchev–Trinajstić information content (AvgIpc) is 3.01. The first-order chi connectivity index (χ1) is 11.6. The number of carboxylic acid groups (broad SMARTS) is 1. The van der Waals surface area contributed by atoms with Crippen LogP contribution in [0.15, 0.2) is 48.8 Å². The minimum atomic E-state index is -1.03. The summed E-state index contributed by atoms with van der Waals surface area (Å²) >= 11 is 6.01. The van der Waals surface area contributed by atoms with E-state index in [2.05, 4.69) is 20.3 Å². The predicted molar refractivity (Wildman–Crippen MR) is 93.1 cm³/mol. The number of aromatic carboxylic acids is 1. The van der Waals surface area contributed by atoms with Crippen molar-refractivity contribution in [1.29, 1.82) is 0 Å². The van der Waals surface area contributed by atoms with Crippen LogP contribution < -0.4 is 5.32 Å². The molecule has 4 rings (SSSR count). The van der Waals surface area contributed by atoms with Crippen molar-refractivity contribution in [2.24, 2.45) is 0 Å². The van der Waals surface area contributed by atoms with Gasteiger partial charge in [-0.05, 0) is 30.3 Å². The van der Waals surface area contributed by atoms with E-state index in [4.69, 9.17) is 11.6 Å². The lowest BCUT2D eigenvalue weighted by Crippen LogP contribution is -1.97. The van der Waals surface area contributed by atoms with Crippen molar-refractivity contribution in [1.82, 2.24) is 15.0 Å². The number of H-pyrrole nitrogens is 1. The highest BCUT2D eigenvalue weighted by molar-refractivity contribution is 6.30. The van der Waals surface area contributed by atoms with Crippen LogP contribution in [0.5, 0.6) is 0 Å². The number of rotatable bonds is 3. The molecule has 0 atom stereocenters. The summed E-state index contributed by atoms with van der Waals surface area (Å²) in [4.78, 5) is 22.9. The number of carbonyl (C=O) groups is 1. The molecule has 0 saturated heterocycles. The van der Waals surface area contributed by atoms with Gasteiger partial charge in [-0.3, -0.25) is 4.98 Å². The molecular formula is C17H11ClN4O2. The van der Waals surface area contributed by atoms with Crippen molar-refractivity contribution in [2.75, 3.05) is 5.32 Å². The summed E-state index contributed by atoms with van der Waals surface area (Å²) in [5.41, 5.74) is 2.15. The van der Waals surface area contributed by atoms with Gasteiger partial charge in [0.1, 0.15) is 5.69 Å². The molecule has 3 heterocycles. The second-order valence-corrected chi connectivity index (χ2v) is 5.70. The largest absolute Gasteiger partial charge is 0.477 e. The normalized spacial score (nSPS) is 11.0. The molecule has 0 aliphatic heterocycles. The van der Waals surface area contributed by atoms with E-state index in [1.54, 1.807) is 30.6 Å². The molecule has 118 valence electrons. The topological polar surface area (TPSA) is 90.9 Å². The number of aromatic nitrogens is 3. The molecule has 0 saturated carbocycles. The Hall–Kier alpha value is -3.12. The Labute approximate surface area is 141 Å². The Bertz CT molecular complexity index is 1090. The molecule has 0 bridgehead atoms. The number of nitrogens with zero attached hydrogens (tertiary/aromatic N) is 2. The molecule has 6 nitrogen and oxygen atoms in total. The Morgan fingerprint density at radius 3 is 2.88 bits per heavy atom. The standard InChI is InChI=1S/C17H11ClN4O2/c18-9-2-1-3-10(6-9)20-16-15-12(7-13(21-15)17(23)24)11-4-5-19-8-14(11)22-16/h1-8,21H,(H,20,22)(H,23,24). The van der Waals surface area contributed by atoms with Crippen LogP contribution in [-0.4, -0.2) is 26.0 Å². The van der Waals surface area contributed by atoms with Crippen LogP contribution in [0.4, 0.5) is 11.5 Å². The lowest BCUT2D eigenvalue weighted by Gasteiger charge is -2.09. The highest BCUT2D eigenvalue weighted by Gasteiger charge is 2.15. The van der Waals surface area contributed by atoms with Crippen molar-refractivity contribution in [2.45, 2.75) is 0 Å². The van der Waals surface area contributed by atoms with Gasteiger partial charge < -0.3 is 15.4 Å². The first kappa shape index (κ1) is 14.5. The molecule has 0 amide bonds. The third-order valence-electron chi connectivity index (χ3n) is 3.69. The fourth-order valence-corrected chi connectivity index (χ4v) is 2.83. The van der Waals surface area contributed by atoms with Gasteiger partial charge in [0.15, 0.2) is 5.82 Å². The van der Waals surface area contributed by atoms with Gasteiger partial charge in [-0.15, -0.1) is 0 Å². The monoisotopic (exact) mass is 338 g/mol. The van der Waals surface area contributed by atoms with Crippen molar-refractivity contribution >= 4 is 50.9 Å². The summed E-state index contributed by atoms with van der Waals surface area (Å²) in [6, 6.07) is 10.6. The van der Waals surface area contributed by atoms with E-state index in [0.29, 0.717) is 21.9 Å². The lowest BCUT2D eigenvalue weighted by atomic mass is 10.1. The van der Waals surface area contributed by atoms with Gasteiger partial charge in [-0.2, -0.15) is 0 Å². The number of aromatic amines is 1. The number of benzene rings is 1. The summed E-state index contributed by atoms with van der Waals surface area (Å²) < 4.78 is 0. The molecule has 0 aliphatic rings. The highest BCUT2D eigenvalue weighted by atomic mass is 35.5. The zero-order valence-corrected chi connectivity index (χ0v) is 13.0. The Morgan fingerprint density at radius 2 is 2.08 bits per heavy atom. The maximum atomic E-state index is 11.3. The predicted octanol–water partition coefficient (Wildman–Crippen LogP) is 4.21. The Morgan fingerprint density at radius 1 is 1.21 bits per heavy atom. The summed E-state index contributed by atoms with van der Waals surface area (Å²) in [5.74, 6) is -0.512. The van der Waals surface area contributed by atoms with E-state index in [1.165, 1.54) is 0 Å². The van der Waals surface area contributed by atoms with Gasteiger partial charge in [0.25, 0.3) is 0 Å². The summed E-state index contributed by atoms with van der Waals surface area (Å²) in [5, 5.41) is 14.7. The molecule has 0 spiro atoms. The first-order valence-corrected chi connectivity index (χ1v) is 7.52. The quantitative estimate of drug-likeness (QED) is 0.520. The van der Waals surface area contributed by atoms with E-state index in [9.17, 15) is 9.90 Å². The van der Waals surface area contributed by atoms with Crippen LogP contribution in [-0.2, 0) is 0 Å². The number of carboxylic acids is 1. The number of pyridine rings is 2. The average molecular weight is 339 g/mol. The molecule has 24 heavy (non-hydrogen) atoms. The second kappa shape index (κ2) is 5.50. The van der Waals surface area contributed by atoms with Gasteiger partial charge in [0.2, 0.25) is 0 Å². The number of hydrogen-bond donors (Lipinski definition) is 3. The van der Waals surface area contributed by atoms with Crippen molar-refractivity contribution in [3.05, 3.63) is 59.5 Å². The van der Waals surface area contributed by atoms with Crippen molar-refractivity contribution < 1.29 is 9.90 Å². The molecule has 0 aliphatic carbocycles. The van der Waals surface area contributed by atoms with E-state index < -0.39 is 5.97 Å². The molecule has 1 aromatic carbocycles. The van der Waals surface area contributed by atoms with Gasteiger partial charge in [-0.25, -0.2) is 9.78 Å². The second-order valence-electron chi connectivity index (χ2n) is 5.27. The maximum Gasteiger partial charge on any atom is 0.352 e. The number of halogens is 1. The minimum absolute atomic E-state index is 0.102. The molecule has 3 aromatic heterocycles. The Balaban J connectivity index is 1.96. The SMILES string of the molecule is O=C(O)c1cc2c([nH]1)c(Nc1cccc(Cl)c1)nc1cnccc12. The van der Waals surface area contributed by atoms with E-state index >= 15 is 0 Å². The maximum absolute atomic E-state index is 11.3. The van der Waals surface area contributed by atoms with Crippen LogP contribution in [0.25, 0.3) is 21.8 Å². The fourth-order valence-electron chi connectivity index (χ4n) is 2.64. The molecule has 0 fully saturated rings. The molecular weight excluding hydrogens is 328 g/mol. The van der Waals surface area contributed by atoms with Gasteiger partial charge >= 0.3 is 5.97 Å². The van der Waals surface area contributed by atoms with E-state index in [-0.39, 0.29) is 5.69 Å². The summed E-state index contributed by atoms with van der Waals surface area (Å²) in [6.45, 7) is 0. The summed E-state index contributed by atoms with van der Waals surface area (Å²) in [7, 11) is 0. The van der Waals surface area contributed by atoms with E-state index in [1.807, 2.05) is 18.2 Å². The van der Waals surface area contributed by atoms with Crippen molar-refractivity contribution in [3.8, 4) is 0 Å².